The largest absolute Gasteiger partial charge is 0.379 e. The number of hydrogen-bond acceptors (Lipinski definition) is 7. The molecule has 11 heteroatoms. The Morgan fingerprint density at radius 2 is 2.08 bits per heavy atom. The Labute approximate surface area is 163 Å². The highest BCUT2D eigenvalue weighted by molar-refractivity contribution is 7.91. The molecule has 0 aliphatic carbocycles. The first-order valence-electron chi connectivity index (χ1n) is 8.28. The zero-order valence-corrected chi connectivity index (χ0v) is 16.9. The van der Waals surface area contributed by atoms with Crippen LogP contribution in [-0.2, 0) is 30.8 Å². The number of halogens is 1. The predicted molar refractivity (Wildman–Crippen MR) is 100 cm³/mol. The zero-order valence-electron chi connectivity index (χ0n) is 14.5. The first kappa shape index (κ1) is 21.5. The average Bonchev–Trinajstić information content (AvgIpc) is 3.11. The second-order valence-corrected chi connectivity index (χ2v) is 9.30. The lowest BCUT2D eigenvalue weighted by atomic mass is 10.1. The van der Waals surface area contributed by atoms with Gasteiger partial charge in [-0.2, -0.15) is 4.31 Å². The minimum atomic E-state index is -3.48. The molecule has 8 nitrogen and oxygen atoms in total. The molecule has 0 radical (unpaired) electrons. The first-order chi connectivity index (χ1) is 12.0. The first-order valence-corrected chi connectivity index (χ1v) is 10.5. The molecule has 2 N–H and O–H groups in total. The van der Waals surface area contributed by atoms with Gasteiger partial charge in [0.25, 0.3) is 10.0 Å². The zero-order chi connectivity index (χ0) is 17.9. The van der Waals surface area contributed by atoms with E-state index in [9.17, 15) is 13.2 Å². The van der Waals surface area contributed by atoms with Crippen LogP contribution in [0.4, 0.5) is 0 Å². The smallest absolute Gasteiger partial charge is 0.252 e. The van der Waals surface area contributed by atoms with E-state index in [0.717, 1.165) is 4.88 Å². The van der Waals surface area contributed by atoms with Crippen LogP contribution < -0.4 is 10.6 Å². The number of amides is 1. The fourth-order valence-corrected chi connectivity index (χ4v) is 5.68. The Morgan fingerprint density at radius 3 is 2.77 bits per heavy atom. The topological polar surface area (TPSA) is 97.0 Å². The number of nitrogens with one attached hydrogen (secondary N) is 2. The highest BCUT2D eigenvalue weighted by Gasteiger charge is 2.29. The number of rotatable bonds is 5. The van der Waals surface area contributed by atoms with E-state index < -0.39 is 10.0 Å². The van der Waals surface area contributed by atoms with Gasteiger partial charge in [0.15, 0.2) is 0 Å². The molecule has 2 fully saturated rings. The summed E-state index contributed by atoms with van der Waals surface area (Å²) in [5, 5.41) is 5.97. The Kier molecular flexibility index (Phi) is 7.83. The van der Waals surface area contributed by atoms with Gasteiger partial charge in [-0.3, -0.25) is 4.79 Å². The molecule has 0 aromatic carbocycles. The molecular formula is C15H24ClN3O5S2. The maximum absolute atomic E-state index is 12.6. The van der Waals surface area contributed by atoms with E-state index in [1.54, 1.807) is 12.1 Å². The molecule has 1 aromatic heterocycles. The quantitative estimate of drug-likeness (QED) is 0.698. The van der Waals surface area contributed by atoms with Gasteiger partial charge in [0.05, 0.1) is 32.5 Å². The Morgan fingerprint density at radius 1 is 1.35 bits per heavy atom. The van der Waals surface area contributed by atoms with Crippen molar-refractivity contribution >= 4 is 39.7 Å². The number of morpholine rings is 2. The molecule has 0 unspecified atom stereocenters. The van der Waals surface area contributed by atoms with Gasteiger partial charge in [0.2, 0.25) is 5.91 Å². The molecule has 1 amide bonds. The molecule has 148 valence electrons. The summed E-state index contributed by atoms with van der Waals surface area (Å²) in [4.78, 5) is 13.0. The number of carbonyl (C=O) groups is 1. The van der Waals surface area contributed by atoms with Crippen molar-refractivity contribution in [3.05, 3.63) is 17.0 Å². The van der Waals surface area contributed by atoms with Crippen LogP contribution in [0.1, 0.15) is 11.8 Å². The monoisotopic (exact) mass is 425 g/mol. The van der Waals surface area contributed by atoms with Gasteiger partial charge in [-0.05, 0) is 19.1 Å². The SMILES string of the molecule is C[C@H]1OCCN[C@@H]1C(=O)NCc1ccc(S(=O)(=O)N2CCOCC2)s1.Cl. The van der Waals surface area contributed by atoms with Crippen LogP contribution in [0.3, 0.4) is 0 Å². The minimum Gasteiger partial charge on any atom is -0.379 e. The van der Waals surface area contributed by atoms with Crippen LogP contribution in [-0.4, -0.2) is 70.2 Å². The molecule has 2 aliphatic heterocycles. The third-order valence-corrected chi connectivity index (χ3v) is 7.69. The van der Waals surface area contributed by atoms with E-state index in [4.69, 9.17) is 9.47 Å². The van der Waals surface area contributed by atoms with Crippen molar-refractivity contribution in [2.24, 2.45) is 0 Å². The van der Waals surface area contributed by atoms with Gasteiger partial charge in [0, 0.05) is 24.5 Å². The van der Waals surface area contributed by atoms with Crippen LogP contribution in [0.15, 0.2) is 16.3 Å². The van der Waals surface area contributed by atoms with E-state index in [-0.39, 0.29) is 30.5 Å². The number of nitrogens with zero attached hydrogens (tertiary/aromatic N) is 1. The lowest BCUT2D eigenvalue weighted by Crippen LogP contribution is -2.55. The Bertz CT molecular complexity index is 706. The van der Waals surface area contributed by atoms with Crippen LogP contribution in [0, 0.1) is 0 Å². The molecule has 2 saturated heterocycles. The lowest BCUT2D eigenvalue weighted by Gasteiger charge is -2.29. The molecule has 2 atom stereocenters. The molecule has 3 rings (SSSR count). The average molecular weight is 426 g/mol. The van der Waals surface area contributed by atoms with Crippen molar-refractivity contribution < 1.29 is 22.7 Å². The highest BCUT2D eigenvalue weighted by Crippen LogP contribution is 2.25. The van der Waals surface area contributed by atoms with Crippen molar-refractivity contribution in [3.8, 4) is 0 Å². The summed E-state index contributed by atoms with van der Waals surface area (Å²) in [5.41, 5.74) is 0. The van der Waals surface area contributed by atoms with Crippen molar-refractivity contribution in [2.75, 3.05) is 39.5 Å². The number of carbonyl (C=O) groups excluding carboxylic acids is 1. The second kappa shape index (κ2) is 9.45. The van der Waals surface area contributed by atoms with Gasteiger partial charge >= 0.3 is 0 Å². The number of sulfonamides is 1. The van der Waals surface area contributed by atoms with Gasteiger partial charge in [-0.1, -0.05) is 0 Å². The van der Waals surface area contributed by atoms with E-state index in [1.807, 2.05) is 6.92 Å². The van der Waals surface area contributed by atoms with Gasteiger partial charge < -0.3 is 20.1 Å². The highest BCUT2D eigenvalue weighted by atomic mass is 35.5. The molecule has 26 heavy (non-hydrogen) atoms. The standard InChI is InChI=1S/C15H23N3O5S2.ClH/c1-11-14(16-4-7-23-11)15(19)17-10-12-2-3-13(24-12)25(20,21)18-5-8-22-9-6-18;/h2-3,11,14,16H,4-10H2,1H3,(H,17,19);1H/t11-,14+;/m1./s1. The number of thiophene rings is 1. The summed E-state index contributed by atoms with van der Waals surface area (Å²) in [6.45, 7) is 4.98. The van der Waals surface area contributed by atoms with Crippen LogP contribution in [0.2, 0.25) is 0 Å². The third-order valence-electron chi connectivity index (χ3n) is 4.24. The van der Waals surface area contributed by atoms with Gasteiger partial charge in [-0.15, -0.1) is 23.7 Å². The summed E-state index contributed by atoms with van der Waals surface area (Å²) in [6.07, 6.45) is -0.186. The molecule has 0 spiro atoms. The molecular weight excluding hydrogens is 402 g/mol. The van der Waals surface area contributed by atoms with Crippen LogP contribution in [0.25, 0.3) is 0 Å². The van der Waals surface area contributed by atoms with Crippen molar-refractivity contribution in [1.29, 1.82) is 0 Å². The number of hydrogen-bond donors (Lipinski definition) is 2. The van der Waals surface area contributed by atoms with Crippen molar-refractivity contribution in [2.45, 2.75) is 29.8 Å². The Hall–Kier alpha value is -0.750. The van der Waals surface area contributed by atoms with Crippen LogP contribution in [0.5, 0.6) is 0 Å². The number of ether oxygens (including phenoxy) is 2. The van der Waals surface area contributed by atoms with Crippen LogP contribution >= 0.6 is 23.7 Å². The summed E-state index contributed by atoms with van der Waals surface area (Å²) >= 11 is 1.19. The van der Waals surface area contributed by atoms with Gasteiger partial charge in [-0.25, -0.2) is 8.42 Å². The Balaban J connectivity index is 0.00000243. The molecule has 1 aromatic rings. The summed E-state index contributed by atoms with van der Waals surface area (Å²) in [5.74, 6) is -0.141. The normalized spacial score (nSPS) is 24.7. The second-order valence-electron chi connectivity index (χ2n) is 5.96. The van der Waals surface area contributed by atoms with E-state index in [0.29, 0.717) is 50.2 Å². The van der Waals surface area contributed by atoms with Crippen molar-refractivity contribution in [1.82, 2.24) is 14.9 Å². The van der Waals surface area contributed by atoms with E-state index in [1.165, 1.54) is 15.6 Å². The summed E-state index contributed by atoms with van der Waals surface area (Å²) in [6, 6.07) is 2.96. The van der Waals surface area contributed by atoms with E-state index in [2.05, 4.69) is 10.6 Å². The fourth-order valence-electron chi connectivity index (χ4n) is 2.82. The lowest BCUT2D eigenvalue weighted by molar-refractivity contribution is -0.129. The molecule has 0 bridgehead atoms. The van der Waals surface area contributed by atoms with E-state index >= 15 is 0 Å². The minimum absolute atomic E-state index is 0. The van der Waals surface area contributed by atoms with Gasteiger partial charge in [0.1, 0.15) is 10.3 Å². The third kappa shape index (κ3) is 4.94. The summed E-state index contributed by atoms with van der Waals surface area (Å²) < 4.78 is 37.6. The molecule has 2 aliphatic rings. The molecule has 3 heterocycles. The fraction of sp³-hybridized carbons (Fsp3) is 0.667. The maximum Gasteiger partial charge on any atom is 0.252 e. The van der Waals surface area contributed by atoms with Crippen molar-refractivity contribution in [3.63, 3.8) is 0 Å². The summed E-state index contributed by atoms with van der Waals surface area (Å²) in [7, 11) is -3.48. The molecule has 0 saturated carbocycles. The maximum atomic E-state index is 12.6. The predicted octanol–water partition coefficient (Wildman–Crippen LogP) is 0.184.